The van der Waals surface area contributed by atoms with Crippen molar-refractivity contribution in [3.8, 4) is 0 Å². The molecule has 4 aliphatic carbocycles. The van der Waals surface area contributed by atoms with Gasteiger partial charge in [0.2, 0.25) is 0 Å². The van der Waals surface area contributed by atoms with E-state index in [0.29, 0.717) is 48.3 Å². The van der Waals surface area contributed by atoms with Crippen molar-refractivity contribution in [2.24, 2.45) is 52.3 Å². The Balaban J connectivity index is 0.865. The average Bonchev–Trinajstić information content (AvgIpc) is 3.97. The Morgan fingerprint density at radius 1 is 0.457 bits per heavy atom. The Kier molecular flexibility index (Phi) is 18.4. The van der Waals surface area contributed by atoms with Crippen molar-refractivity contribution < 1.29 is 128 Å². The van der Waals surface area contributed by atoms with E-state index in [2.05, 4.69) is 27.7 Å². The van der Waals surface area contributed by atoms with Crippen LogP contribution < -0.4 is 0 Å². The molecule has 0 aromatic rings. The quantitative estimate of drug-likeness (QED) is 0.0786. The van der Waals surface area contributed by atoms with Gasteiger partial charge in [0.1, 0.15) is 110 Å². The molecule has 0 aromatic heterocycles. The van der Waals surface area contributed by atoms with Crippen LogP contribution in [0.15, 0.2) is 0 Å². The van der Waals surface area contributed by atoms with Gasteiger partial charge in [-0.3, -0.25) is 0 Å². The molecule has 1 unspecified atom stereocenters. The lowest BCUT2D eigenvalue weighted by Crippen LogP contribution is -2.69. The molecule has 1 spiro atoms. The standard InChI is InChI=1S/C55H90O26/c1-21-7-12-55(72-18-21)22(2)34-30(81-55)14-27-25-6-5-23-13-24(8-10-53(23,3)26(25)9-11-54(27,34)4)73-51-46(80-50-43(69)40(66)37(63)31(15-56)74-50)45(39(65)32(16-57)75-51)78-52-47(79-49-42(68)36(62)29(60)20-71-49)44(38(64)33(17-58)76-52)77-48-41(67)35(61)28(59)19-70-48/h21-52,56-69H,5-20H2,1-4H3/t21?,22-,23-,24-,25+,26-,27-,28+,29+,30-,31+,32+,33+,34-,35-,36-,37-,38+,39+,40-,41+,42+,43+,44-,45-,46+,47+,48-,49-,50-,51+,52-,53-,54-,55+/m0/s1. The highest BCUT2D eigenvalue weighted by Crippen LogP contribution is 2.71. The summed E-state index contributed by atoms with van der Waals surface area (Å²) in [6, 6.07) is 0. The molecular formula is C55H90O26. The van der Waals surface area contributed by atoms with Gasteiger partial charge >= 0.3 is 0 Å². The molecule has 466 valence electrons. The van der Waals surface area contributed by atoms with Gasteiger partial charge in [0.15, 0.2) is 37.2 Å². The minimum Gasteiger partial charge on any atom is -0.394 e. The van der Waals surface area contributed by atoms with Crippen LogP contribution in [0, 0.1) is 52.3 Å². The van der Waals surface area contributed by atoms with Crippen molar-refractivity contribution >= 4 is 0 Å². The second-order valence-electron chi connectivity index (χ2n) is 26.2. The molecule has 4 saturated carbocycles. The SMILES string of the molecule is CC1CC[C@@]2(OC1)O[C@H]1C[C@H]3[C@@H]4CC[C@H]5C[C@@H](O[C@@H]6O[C@H](CO)[C@@H](O)[C@H](O[C@@H]7O[C@H](CO)[C@@H](O)[C@H](O[C@@H]8OC[C@@H](O)[C@H](O)[C@H]8O)[C@H]7O[C@@H]7OC[C@@H](O)[C@H](O)[C@H]7O)[C@H]6O[C@@H]6O[C@H](CO)[C@H](O)[C@H](O)[C@H]6O)CC[C@]5(C)[C@H]4CC[C@]3(C)[C@H]1[C@@H]2C. The molecule has 7 heterocycles. The van der Waals surface area contributed by atoms with Crippen LogP contribution in [0.4, 0.5) is 0 Å². The van der Waals surface area contributed by atoms with Crippen LogP contribution in [0.1, 0.15) is 91.9 Å². The second-order valence-corrected chi connectivity index (χ2v) is 26.2. The minimum absolute atomic E-state index is 0.0344. The van der Waals surface area contributed by atoms with Gasteiger partial charge in [0, 0.05) is 12.3 Å². The Morgan fingerprint density at radius 2 is 0.975 bits per heavy atom. The predicted octanol–water partition coefficient (Wildman–Crippen LogP) is -3.81. The van der Waals surface area contributed by atoms with Crippen LogP contribution in [0.3, 0.4) is 0 Å². The van der Waals surface area contributed by atoms with Crippen LogP contribution in [0.25, 0.3) is 0 Å². The van der Waals surface area contributed by atoms with Crippen molar-refractivity contribution in [3.05, 3.63) is 0 Å². The van der Waals surface area contributed by atoms with Crippen LogP contribution in [-0.4, -0.2) is 270 Å². The van der Waals surface area contributed by atoms with Crippen LogP contribution in [-0.2, 0) is 56.8 Å². The van der Waals surface area contributed by atoms with E-state index in [1.54, 1.807) is 0 Å². The molecule has 0 radical (unpaired) electrons. The first-order chi connectivity index (χ1) is 38.6. The van der Waals surface area contributed by atoms with Gasteiger partial charge in [-0.1, -0.05) is 27.7 Å². The molecule has 7 saturated heterocycles. The highest BCUT2D eigenvalue weighted by molar-refractivity contribution is 5.16. The third-order valence-corrected chi connectivity index (χ3v) is 21.7. The van der Waals surface area contributed by atoms with Crippen LogP contribution in [0.5, 0.6) is 0 Å². The molecule has 35 atom stereocenters. The monoisotopic (exact) mass is 1170 g/mol. The number of fused-ring (bicyclic) bond motifs is 7. The highest BCUT2D eigenvalue weighted by Gasteiger charge is 2.70. The smallest absolute Gasteiger partial charge is 0.187 e. The second kappa shape index (κ2) is 24.2. The van der Waals surface area contributed by atoms with Gasteiger partial charge in [-0.15, -0.1) is 0 Å². The first kappa shape index (κ1) is 61.6. The predicted molar refractivity (Wildman–Crippen MR) is 269 cm³/mol. The van der Waals surface area contributed by atoms with Gasteiger partial charge in [-0.2, -0.15) is 0 Å². The molecule has 0 bridgehead atoms. The summed E-state index contributed by atoms with van der Waals surface area (Å²) in [5, 5.41) is 153. The number of aliphatic hydroxyl groups is 14. The molecule has 11 rings (SSSR count). The zero-order valence-corrected chi connectivity index (χ0v) is 46.4. The summed E-state index contributed by atoms with van der Waals surface area (Å²) in [7, 11) is 0. The van der Waals surface area contributed by atoms with Crippen molar-refractivity contribution in [1.82, 2.24) is 0 Å². The van der Waals surface area contributed by atoms with E-state index in [4.69, 9.17) is 56.8 Å². The molecule has 0 aromatic carbocycles. The lowest BCUT2D eigenvalue weighted by atomic mass is 9.44. The Morgan fingerprint density at radius 3 is 1.56 bits per heavy atom. The van der Waals surface area contributed by atoms with Gasteiger partial charge < -0.3 is 128 Å². The normalized spacial score (nSPS) is 57.6. The van der Waals surface area contributed by atoms with Crippen molar-refractivity contribution in [1.29, 1.82) is 0 Å². The van der Waals surface area contributed by atoms with E-state index >= 15 is 0 Å². The van der Waals surface area contributed by atoms with E-state index in [-0.39, 0.29) is 22.9 Å². The topological polar surface area (TPSA) is 394 Å². The number of ether oxygens (including phenoxy) is 12. The molecule has 26 heteroatoms. The number of rotatable bonds is 13. The van der Waals surface area contributed by atoms with Gasteiger partial charge in [-0.25, -0.2) is 0 Å². The molecule has 81 heavy (non-hydrogen) atoms. The summed E-state index contributed by atoms with van der Waals surface area (Å²) in [6.45, 7) is 6.54. The first-order valence-electron chi connectivity index (χ1n) is 29.7. The van der Waals surface area contributed by atoms with Crippen molar-refractivity contribution in [2.75, 3.05) is 39.6 Å². The maximum absolute atomic E-state index is 12.2. The molecule has 0 amide bonds. The van der Waals surface area contributed by atoms with E-state index in [9.17, 15) is 71.5 Å². The fraction of sp³-hybridized carbons (Fsp3) is 1.00. The number of aliphatic hydroxyl groups excluding tert-OH is 14. The van der Waals surface area contributed by atoms with Crippen LogP contribution >= 0.6 is 0 Å². The average molecular weight is 1170 g/mol. The Hall–Kier alpha value is -1.04. The van der Waals surface area contributed by atoms with E-state index in [1.165, 1.54) is 0 Å². The Bertz CT molecular complexity index is 2090. The summed E-state index contributed by atoms with van der Waals surface area (Å²) in [4.78, 5) is 0. The van der Waals surface area contributed by atoms with Gasteiger partial charge in [0.05, 0.1) is 51.8 Å². The molecule has 11 fully saturated rings. The molecule has 11 aliphatic rings. The largest absolute Gasteiger partial charge is 0.394 e. The van der Waals surface area contributed by atoms with Crippen molar-refractivity contribution in [2.45, 2.75) is 251 Å². The lowest BCUT2D eigenvalue weighted by Gasteiger charge is -2.61. The molecule has 26 nitrogen and oxygen atoms in total. The zero-order chi connectivity index (χ0) is 57.8. The van der Waals surface area contributed by atoms with E-state index in [1.807, 2.05) is 0 Å². The van der Waals surface area contributed by atoms with Crippen molar-refractivity contribution in [3.63, 3.8) is 0 Å². The number of hydrogen-bond acceptors (Lipinski definition) is 26. The van der Waals surface area contributed by atoms with Gasteiger partial charge in [-0.05, 0) is 104 Å². The first-order valence-corrected chi connectivity index (χ1v) is 29.7. The fourth-order valence-electron chi connectivity index (χ4n) is 17.0. The number of hydrogen-bond donors (Lipinski definition) is 14. The fourth-order valence-corrected chi connectivity index (χ4v) is 17.0. The van der Waals surface area contributed by atoms with E-state index < -0.39 is 186 Å². The third-order valence-electron chi connectivity index (χ3n) is 21.7. The summed E-state index contributed by atoms with van der Waals surface area (Å²) in [5.74, 6) is 2.46. The maximum atomic E-state index is 12.2. The maximum Gasteiger partial charge on any atom is 0.187 e. The summed E-state index contributed by atoms with van der Waals surface area (Å²) < 4.78 is 75.1. The molecular weight excluding hydrogens is 1080 g/mol. The van der Waals surface area contributed by atoms with Gasteiger partial charge in [0.25, 0.3) is 0 Å². The molecule has 14 N–H and O–H groups in total. The van der Waals surface area contributed by atoms with E-state index in [0.717, 1.165) is 58.0 Å². The highest BCUT2D eigenvalue weighted by atomic mass is 16.8. The zero-order valence-electron chi connectivity index (χ0n) is 46.4. The Labute approximate surface area is 470 Å². The third kappa shape index (κ3) is 10.9. The summed E-state index contributed by atoms with van der Waals surface area (Å²) >= 11 is 0. The molecule has 7 aliphatic heterocycles. The lowest BCUT2D eigenvalue weighted by molar-refractivity contribution is -0.413. The summed E-state index contributed by atoms with van der Waals surface area (Å²) in [6.07, 6.45) is -32.3. The minimum atomic E-state index is -1.99. The van der Waals surface area contributed by atoms with Crippen LogP contribution in [0.2, 0.25) is 0 Å². The summed E-state index contributed by atoms with van der Waals surface area (Å²) in [5.41, 5.74) is 0.0949.